The van der Waals surface area contributed by atoms with Crippen LogP contribution in [0.15, 0.2) is 40.9 Å². The third-order valence-corrected chi connectivity index (χ3v) is 7.14. The minimum atomic E-state index is -0.156. The number of amides is 1. The average Bonchev–Trinajstić information content (AvgIpc) is 3.32. The predicted octanol–water partition coefficient (Wildman–Crippen LogP) is 3.01. The van der Waals surface area contributed by atoms with Crippen LogP contribution in [-0.4, -0.2) is 32.2 Å². The summed E-state index contributed by atoms with van der Waals surface area (Å²) in [5.41, 5.74) is 0.252. The Labute approximate surface area is 168 Å². The van der Waals surface area contributed by atoms with Crippen molar-refractivity contribution in [2.75, 3.05) is 5.75 Å². The fraction of sp³-hybridized carbons (Fsp3) is 0.524. The summed E-state index contributed by atoms with van der Waals surface area (Å²) in [6.07, 6.45) is 8.53. The molecule has 2 aliphatic carbocycles. The van der Waals surface area contributed by atoms with Crippen LogP contribution >= 0.6 is 11.8 Å². The van der Waals surface area contributed by atoms with Crippen molar-refractivity contribution in [2.24, 2.45) is 17.8 Å². The number of carbonyl (C=O) groups excluding carboxylic acids is 1. The molecule has 0 radical (unpaired) electrons. The Kier molecular flexibility index (Phi) is 5.53. The highest BCUT2D eigenvalue weighted by Crippen LogP contribution is 2.49. The molecule has 2 saturated carbocycles. The summed E-state index contributed by atoms with van der Waals surface area (Å²) in [7, 11) is 0. The van der Waals surface area contributed by atoms with Gasteiger partial charge in [-0.2, -0.15) is 0 Å². The molecule has 2 aromatic heterocycles. The zero-order valence-corrected chi connectivity index (χ0v) is 17.0. The maximum atomic E-state index is 12.7. The third-order valence-electron chi connectivity index (χ3n) is 6.16. The highest BCUT2D eigenvalue weighted by molar-refractivity contribution is 7.99. The summed E-state index contributed by atoms with van der Waals surface area (Å²) in [5.74, 6) is 2.47. The van der Waals surface area contributed by atoms with Gasteiger partial charge in [-0.1, -0.05) is 24.3 Å². The van der Waals surface area contributed by atoms with Crippen LogP contribution in [0.3, 0.4) is 0 Å². The molecule has 1 amide bonds. The number of hydrogen-bond donors (Lipinski definition) is 1. The summed E-state index contributed by atoms with van der Waals surface area (Å²) in [6.45, 7) is 6.20. The third kappa shape index (κ3) is 3.72. The number of nitrogens with zero attached hydrogens (tertiary/aromatic N) is 3. The minimum absolute atomic E-state index is 0.0132. The lowest BCUT2D eigenvalue weighted by atomic mass is 9.84. The molecule has 2 fully saturated rings. The molecule has 2 heterocycles. The maximum absolute atomic E-state index is 12.7. The molecule has 4 atom stereocenters. The molecule has 2 bridgehead atoms. The molecule has 28 heavy (non-hydrogen) atoms. The van der Waals surface area contributed by atoms with Gasteiger partial charge < -0.3 is 5.32 Å². The first-order chi connectivity index (χ1) is 13.6. The van der Waals surface area contributed by atoms with E-state index in [1.807, 2.05) is 0 Å². The molecule has 6 nitrogen and oxygen atoms in total. The van der Waals surface area contributed by atoms with Crippen LogP contribution in [0.1, 0.15) is 32.6 Å². The van der Waals surface area contributed by atoms with Crippen molar-refractivity contribution in [1.29, 1.82) is 0 Å². The number of rotatable bonds is 7. The zero-order chi connectivity index (χ0) is 19.7. The molecule has 7 heteroatoms. The number of aromatic nitrogens is 3. The molecule has 2 aromatic rings. The summed E-state index contributed by atoms with van der Waals surface area (Å²) in [6, 6.07) is 3.64. The highest BCUT2D eigenvalue weighted by Gasteiger charge is 2.42. The van der Waals surface area contributed by atoms with Gasteiger partial charge in [0.1, 0.15) is 0 Å². The van der Waals surface area contributed by atoms with Crippen molar-refractivity contribution in [1.82, 2.24) is 19.9 Å². The molecule has 0 spiro atoms. The van der Waals surface area contributed by atoms with E-state index < -0.39 is 0 Å². The van der Waals surface area contributed by atoms with Gasteiger partial charge in [0.15, 0.2) is 10.8 Å². The summed E-state index contributed by atoms with van der Waals surface area (Å²) in [4.78, 5) is 33.9. The lowest BCUT2D eigenvalue weighted by Crippen LogP contribution is -2.41. The van der Waals surface area contributed by atoms with E-state index in [1.165, 1.54) is 37.4 Å². The molecule has 0 aromatic carbocycles. The van der Waals surface area contributed by atoms with Crippen LogP contribution in [0.4, 0.5) is 0 Å². The van der Waals surface area contributed by atoms with E-state index in [4.69, 9.17) is 0 Å². The molecule has 1 N–H and O–H groups in total. The SMILES string of the molecule is C=CCn1c(SCC(=O)NC(C)C2CC3CCC2C3)nc2ncccc2c1=O. The van der Waals surface area contributed by atoms with Crippen LogP contribution in [-0.2, 0) is 11.3 Å². The van der Waals surface area contributed by atoms with Crippen molar-refractivity contribution in [3.8, 4) is 0 Å². The van der Waals surface area contributed by atoms with Crippen LogP contribution in [0.5, 0.6) is 0 Å². The van der Waals surface area contributed by atoms with Crippen molar-refractivity contribution >= 4 is 28.7 Å². The Balaban J connectivity index is 1.44. The van der Waals surface area contributed by atoms with Crippen molar-refractivity contribution in [3.05, 3.63) is 41.3 Å². The Morgan fingerprint density at radius 3 is 3.04 bits per heavy atom. The Morgan fingerprint density at radius 2 is 2.32 bits per heavy atom. The quantitative estimate of drug-likeness (QED) is 0.441. The first kappa shape index (κ1) is 19.2. The van der Waals surface area contributed by atoms with Crippen molar-refractivity contribution in [3.63, 3.8) is 0 Å². The number of thioether (sulfide) groups is 1. The number of carbonyl (C=O) groups is 1. The maximum Gasteiger partial charge on any atom is 0.263 e. The molecule has 2 aliphatic rings. The number of pyridine rings is 1. The molecule has 148 valence electrons. The first-order valence-corrected chi connectivity index (χ1v) is 10.9. The monoisotopic (exact) mass is 398 g/mol. The standard InChI is InChI=1S/C21H26N4O2S/c1-3-9-25-20(27)16-5-4-8-22-19(16)24-21(25)28-12-18(26)23-13(2)17-11-14-6-7-15(17)10-14/h3-5,8,13-15,17H,1,6-7,9-12H2,2H3,(H,23,26). The van der Waals surface area contributed by atoms with E-state index in [1.54, 1.807) is 29.0 Å². The largest absolute Gasteiger partial charge is 0.353 e. The van der Waals surface area contributed by atoms with Crippen LogP contribution in [0, 0.1) is 17.8 Å². The second-order valence-corrected chi connectivity index (χ2v) is 8.90. The summed E-state index contributed by atoms with van der Waals surface area (Å²) < 4.78 is 1.55. The van der Waals surface area contributed by atoms with E-state index in [-0.39, 0.29) is 23.3 Å². The second-order valence-electron chi connectivity index (χ2n) is 7.96. The number of allylic oxidation sites excluding steroid dienone is 1. The summed E-state index contributed by atoms with van der Waals surface area (Å²) in [5, 5.41) is 4.14. The van der Waals surface area contributed by atoms with E-state index in [0.717, 1.165) is 11.8 Å². The molecular formula is C21H26N4O2S. The van der Waals surface area contributed by atoms with Gasteiger partial charge in [0.05, 0.1) is 11.1 Å². The highest BCUT2D eigenvalue weighted by atomic mass is 32.2. The Hall–Kier alpha value is -2.15. The number of nitrogens with one attached hydrogen (secondary N) is 1. The van der Waals surface area contributed by atoms with E-state index >= 15 is 0 Å². The van der Waals surface area contributed by atoms with Gasteiger partial charge in [-0.05, 0) is 56.1 Å². The van der Waals surface area contributed by atoms with Gasteiger partial charge in [0.2, 0.25) is 5.91 Å². The molecule has 0 saturated heterocycles. The minimum Gasteiger partial charge on any atom is -0.353 e. The summed E-state index contributed by atoms with van der Waals surface area (Å²) >= 11 is 1.28. The first-order valence-electron chi connectivity index (χ1n) is 9.95. The van der Waals surface area contributed by atoms with E-state index in [0.29, 0.717) is 28.7 Å². The van der Waals surface area contributed by atoms with E-state index in [2.05, 4.69) is 28.8 Å². The fourth-order valence-corrected chi connectivity index (χ4v) is 5.68. The van der Waals surface area contributed by atoms with Crippen LogP contribution < -0.4 is 10.9 Å². The number of hydrogen-bond acceptors (Lipinski definition) is 5. The lowest BCUT2D eigenvalue weighted by Gasteiger charge is -2.28. The van der Waals surface area contributed by atoms with Gasteiger partial charge in [0, 0.05) is 18.8 Å². The molecular weight excluding hydrogens is 372 g/mol. The van der Waals surface area contributed by atoms with Gasteiger partial charge in [-0.15, -0.1) is 6.58 Å². The van der Waals surface area contributed by atoms with E-state index in [9.17, 15) is 9.59 Å². The Morgan fingerprint density at radius 1 is 1.46 bits per heavy atom. The van der Waals surface area contributed by atoms with Gasteiger partial charge >= 0.3 is 0 Å². The fourth-order valence-electron chi connectivity index (χ4n) is 4.88. The van der Waals surface area contributed by atoms with Gasteiger partial charge in [-0.3, -0.25) is 14.2 Å². The second kappa shape index (κ2) is 8.07. The van der Waals surface area contributed by atoms with Gasteiger partial charge in [0.25, 0.3) is 5.56 Å². The normalized spacial score (nSPS) is 24.4. The molecule has 0 aliphatic heterocycles. The van der Waals surface area contributed by atoms with Crippen molar-refractivity contribution in [2.45, 2.75) is 50.4 Å². The molecule has 4 unspecified atom stereocenters. The predicted molar refractivity (Wildman–Crippen MR) is 111 cm³/mol. The topological polar surface area (TPSA) is 76.9 Å². The Bertz CT molecular complexity index is 957. The lowest BCUT2D eigenvalue weighted by molar-refractivity contribution is -0.119. The van der Waals surface area contributed by atoms with Crippen molar-refractivity contribution < 1.29 is 4.79 Å². The number of fused-ring (bicyclic) bond motifs is 3. The molecule has 4 rings (SSSR count). The van der Waals surface area contributed by atoms with Gasteiger partial charge in [-0.25, -0.2) is 9.97 Å². The smallest absolute Gasteiger partial charge is 0.263 e. The van der Waals surface area contributed by atoms with Crippen LogP contribution in [0.25, 0.3) is 11.0 Å². The average molecular weight is 399 g/mol. The van der Waals surface area contributed by atoms with Crippen LogP contribution in [0.2, 0.25) is 0 Å². The zero-order valence-electron chi connectivity index (χ0n) is 16.1.